The first-order valence-corrected chi connectivity index (χ1v) is 12.6. The standard InChI is InChI=1S/C25H30ClN5O8/c1-13(33)36-11-18-20(37-14(2)34)21(38-15(3)35)24(39-18)31-12-27-19-22(29-25(26)30-23(19)31)28-17(10-32)9-16-7-5-4-6-8-16/h4-8,12,17-18,20-22,24,28,32H,9-11H2,1-3H3,(H,29,30)/t17-,18-,20-,21-,22-,24-/m1/s1. The number of anilines is 1. The van der Waals surface area contributed by atoms with Crippen molar-refractivity contribution in [2.45, 2.75) is 63.9 Å². The fraction of sp³-hybridized carbons (Fsp3) is 0.480. The van der Waals surface area contributed by atoms with Crippen molar-refractivity contribution in [1.82, 2.24) is 14.9 Å². The first kappa shape index (κ1) is 28.5. The number of aliphatic hydroxyl groups excluding tert-OH is 1. The van der Waals surface area contributed by atoms with Gasteiger partial charge in [-0.15, -0.1) is 0 Å². The van der Waals surface area contributed by atoms with E-state index in [-0.39, 0.29) is 24.6 Å². The lowest BCUT2D eigenvalue weighted by Gasteiger charge is -2.27. The number of nitrogens with zero attached hydrogens (tertiary/aromatic N) is 3. The third-order valence-electron chi connectivity index (χ3n) is 6.10. The van der Waals surface area contributed by atoms with E-state index in [1.165, 1.54) is 27.1 Å². The number of rotatable bonds is 10. The molecule has 1 aromatic heterocycles. The molecule has 1 fully saturated rings. The van der Waals surface area contributed by atoms with Gasteiger partial charge in [0.15, 0.2) is 23.7 Å². The molecule has 0 radical (unpaired) electrons. The summed E-state index contributed by atoms with van der Waals surface area (Å²) < 4.78 is 23.7. The first-order valence-electron chi connectivity index (χ1n) is 12.3. The van der Waals surface area contributed by atoms with Gasteiger partial charge in [0.05, 0.1) is 12.9 Å². The van der Waals surface area contributed by atoms with Crippen LogP contribution in [0, 0.1) is 0 Å². The van der Waals surface area contributed by atoms with Crippen molar-refractivity contribution in [3.8, 4) is 0 Å². The molecule has 0 spiro atoms. The highest BCUT2D eigenvalue weighted by Crippen LogP contribution is 2.39. The number of aliphatic hydroxyl groups is 1. The average molecular weight is 564 g/mol. The molecule has 0 bridgehead atoms. The van der Waals surface area contributed by atoms with E-state index < -0.39 is 48.6 Å². The molecule has 3 heterocycles. The van der Waals surface area contributed by atoms with Crippen molar-refractivity contribution in [1.29, 1.82) is 0 Å². The maximum atomic E-state index is 12.0. The van der Waals surface area contributed by atoms with Crippen molar-refractivity contribution < 1.29 is 38.4 Å². The van der Waals surface area contributed by atoms with E-state index >= 15 is 0 Å². The highest BCUT2D eigenvalue weighted by Gasteiger charge is 2.51. The summed E-state index contributed by atoms with van der Waals surface area (Å²) in [6, 6.07) is 9.31. The van der Waals surface area contributed by atoms with Gasteiger partial charge < -0.3 is 29.4 Å². The van der Waals surface area contributed by atoms with Crippen LogP contribution in [0.5, 0.6) is 0 Å². The van der Waals surface area contributed by atoms with E-state index in [9.17, 15) is 19.5 Å². The van der Waals surface area contributed by atoms with Crippen LogP contribution in [0.15, 0.2) is 41.7 Å². The zero-order valence-electron chi connectivity index (χ0n) is 21.6. The van der Waals surface area contributed by atoms with Gasteiger partial charge in [-0.3, -0.25) is 24.3 Å². The number of halogens is 1. The van der Waals surface area contributed by atoms with Crippen molar-refractivity contribution in [3.63, 3.8) is 0 Å². The Kier molecular flexibility index (Phi) is 9.17. The van der Waals surface area contributed by atoms with Crippen LogP contribution < -0.4 is 10.6 Å². The topological polar surface area (TPSA) is 163 Å². The number of carbonyl (C=O) groups excluding carboxylic acids is 3. The summed E-state index contributed by atoms with van der Waals surface area (Å²) in [5.41, 5.74) is 1.47. The monoisotopic (exact) mass is 563 g/mol. The molecule has 2 aromatic rings. The lowest BCUT2D eigenvalue weighted by Crippen LogP contribution is -2.41. The molecule has 2 aliphatic rings. The lowest BCUT2D eigenvalue weighted by atomic mass is 10.1. The van der Waals surface area contributed by atoms with E-state index in [0.29, 0.717) is 17.9 Å². The number of imidazole rings is 1. The fourth-order valence-corrected chi connectivity index (χ4v) is 4.72. The second kappa shape index (κ2) is 12.6. The molecule has 3 N–H and O–H groups in total. The Morgan fingerprint density at radius 2 is 1.82 bits per heavy atom. The van der Waals surface area contributed by atoms with Gasteiger partial charge in [-0.1, -0.05) is 30.3 Å². The fourth-order valence-electron chi connectivity index (χ4n) is 4.53. The molecule has 0 saturated carbocycles. The van der Waals surface area contributed by atoms with Gasteiger partial charge in [0.1, 0.15) is 30.4 Å². The van der Waals surface area contributed by atoms with E-state index in [1.807, 2.05) is 30.3 Å². The number of carbonyl (C=O) groups is 3. The molecule has 0 aliphatic carbocycles. The van der Waals surface area contributed by atoms with Crippen LogP contribution in [0.2, 0.25) is 0 Å². The lowest BCUT2D eigenvalue weighted by molar-refractivity contribution is -0.166. The number of aromatic nitrogens is 2. The van der Waals surface area contributed by atoms with E-state index in [2.05, 4.69) is 20.6 Å². The molecular formula is C25H30ClN5O8. The number of aliphatic imine (C=N–C) groups is 1. The number of hydrogen-bond donors (Lipinski definition) is 3. The van der Waals surface area contributed by atoms with Crippen molar-refractivity contribution >= 4 is 40.6 Å². The molecule has 2 aliphatic heterocycles. The molecule has 13 nitrogen and oxygen atoms in total. The maximum absolute atomic E-state index is 12.0. The quantitative estimate of drug-likeness (QED) is 0.218. The zero-order valence-corrected chi connectivity index (χ0v) is 22.3. The largest absolute Gasteiger partial charge is 0.463 e. The smallest absolute Gasteiger partial charge is 0.303 e. The van der Waals surface area contributed by atoms with E-state index in [0.717, 1.165) is 5.56 Å². The third-order valence-corrected chi connectivity index (χ3v) is 6.29. The first-order chi connectivity index (χ1) is 18.7. The van der Waals surface area contributed by atoms with Gasteiger partial charge in [0.25, 0.3) is 0 Å². The van der Waals surface area contributed by atoms with Crippen LogP contribution in [0.3, 0.4) is 0 Å². The summed E-state index contributed by atoms with van der Waals surface area (Å²) >= 11 is 6.34. The van der Waals surface area contributed by atoms with Gasteiger partial charge in [0, 0.05) is 26.8 Å². The highest BCUT2D eigenvalue weighted by atomic mass is 35.5. The van der Waals surface area contributed by atoms with Crippen LogP contribution in [0.1, 0.15) is 44.4 Å². The van der Waals surface area contributed by atoms with Crippen LogP contribution in [-0.2, 0) is 39.8 Å². The number of hydrogen-bond acceptors (Lipinski definition) is 12. The maximum Gasteiger partial charge on any atom is 0.303 e. The summed E-state index contributed by atoms with van der Waals surface area (Å²) in [4.78, 5) is 44.2. The summed E-state index contributed by atoms with van der Waals surface area (Å²) in [5.74, 6) is -1.43. The van der Waals surface area contributed by atoms with Crippen LogP contribution in [0.4, 0.5) is 5.82 Å². The Morgan fingerprint density at radius 3 is 2.46 bits per heavy atom. The average Bonchev–Trinajstić information content (AvgIpc) is 3.43. The molecule has 1 saturated heterocycles. The zero-order chi connectivity index (χ0) is 28.1. The number of nitrogens with one attached hydrogen (secondary N) is 2. The third kappa shape index (κ3) is 6.92. The Balaban J connectivity index is 1.62. The molecule has 4 rings (SSSR count). The van der Waals surface area contributed by atoms with Gasteiger partial charge in [-0.25, -0.2) is 9.98 Å². The van der Waals surface area contributed by atoms with Crippen LogP contribution >= 0.6 is 11.6 Å². The summed E-state index contributed by atoms with van der Waals surface area (Å²) in [6.45, 7) is 3.26. The number of ether oxygens (including phenoxy) is 4. The molecule has 0 amide bonds. The highest BCUT2D eigenvalue weighted by molar-refractivity contribution is 6.67. The molecule has 14 heteroatoms. The van der Waals surface area contributed by atoms with E-state index in [1.54, 1.807) is 4.57 Å². The normalized spacial score (nSPS) is 24.6. The van der Waals surface area contributed by atoms with Gasteiger partial charge in [0.2, 0.25) is 0 Å². The SMILES string of the molecule is CC(=O)OC[C@H]1O[C@@H](n2cnc3c2NC(Cl)=N[C@H]3N[C@@H](CO)Cc2ccccc2)[C@H](OC(C)=O)[C@@H]1OC(C)=O. The molecule has 210 valence electrons. The minimum absolute atomic E-state index is 0.0492. The number of amidine groups is 1. The van der Waals surface area contributed by atoms with Crippen molar-refractivity contribution in [2.24, 2.45) is 4.99 Å². The van der Waals surface area contributed by atoms with Crippen LogP contribution in [-0.4, -0.2) is 75.4 Å². The second-order valence-corrected chi connectivity index (χ2v) is 9.44. The Hall–Kier alpha value is -3.52. The van der Waals surface area contributed by atoms with Crippen molar-refractivity contribution in [2.75, 3.05) is 18.5 Å². The Labute approximate surface area is 229 Å². The summed E-state index contributed by atoms with van der Waals surface area (Å²) in [7, 11) is 0. The Bertz CT molecular complexity index is 1220. The van der Waals surface area contributed by atoms with Gasteiger partial charge in [-0.05, 0) is 23.6 Å². The summed E-state index contributed by atoms with van der Waals surface area (Å²) in [5, 5.41) is 16.3. The summed E-state index contributed by atoms with van der Waals surface area (Å²) in [6.07, 6.45) is -2.86. The minimum atomic E-state index is -1.10. The predicted octanol–water partition coefficient (Wildman–Crippen LogP) is 1.42. The minimum Gasteiger partial charge on any atom is -0.463 e. The second-order valence-electron chi connectivity index (χ2n) is 9.08. The molecule has 39 heavy (non-hydrogen) atoms. The molecule has 0 unspecified atom stereocenters. The molecular weight excluding hydrogens is 534 g/mol. The molecule has 1 aromatic carbocycles. The van der Waals surface area contributed by atoms with Crippen LogP contribution in [0.25, 0.3) is 0 Å². The number of fused-ring (bicyclic) bond motifs is 1. The Morgan fingerprint density at radius 1 is 1.13 bits per heavy atom. The van der Waals surface area contributed by atoms with E-state index in [4.69, 9.17) is 30.5 Å². The van der Waals surface area contributed by atoms with Gasteiger partial charge in [-0.2, -0.15) is 0 Å². The van der Waals surface area contributed by atoms with Gasteiger partial charge >= 0.3 is 17.9 Å². The van der Waals surface area contributed by atoms with Crippen molar-refractivity contribution in [3.05, 3.63) is 47.9 Å². The molecule has 6 atom stereocenters. The predicted molar refractivity (Wildman–Crippen MR) is 138 cm³/mol. The number of benzene rings is 1. The number of esters is 3.